The van der Waals surface area contributed by atoms with E-state index in [0.717, 1.165) is 11.4 Å². The lowest BCUT2D eigenvalue weighted by molar-refractivity contribution is -0.140. The lowest BCUT2D eigenvalue weighted by Gasteiger charge is -2.38. The number of carbonyl (C=O) groups excluding carboxylic acids is 8. The van der Waals surface area contributed by atoms with Crippen LogP contribution in [-0.4, -0.2) is 275 Å². The molecule has 4 aliphatic rings. The Morgan fingerprint density at radius 3 is 1.78 bits per heavy atom. The van der Waals surface area contributed by atoms with Crippen LogP contribution in [-0.2, 0) is 64.2 Å². The van der Waals surface area contributed by atoms with Crippen molar-refractivity contribution in [2.45, 2.75) is 139 Å². The van der Waals surface area contributed by atoms with Crippen molar-refractivity contribution >= 4 is 88.7 Å². The second-order valence-corrected chi connectivity index (χ2v) is 26.8. The average Bonchev–Trinajstić information content (AvgIpc) is 0.935. The van der Waals surface area contributed by atoms with E-state index in [-0.39, 0.29) is 146 Å². The van der Waals surface area contributed by atoms with Gasteiger partial charge in [-0.25, -0.2) is 0 Å². The summed E-state index contributed by atoms with van der Waals surface area (Å²) in [6.07, 6.45) is 3.62. The third-order valence-corrected chi connectivity index (χ3v) is 18.8. The van der Waals surface area contributed by atoms with E-state index in [1.807, 2.05) is 55.7 Å². The van der Waals surface area contributed by atoms with Crippen LogP contribution < -0.4 is 48.3 Å². The van der Waals surface area contributed by atoms with Crippen LogP contribution in [0.25, 0.3) is 0 Å². The van der Waals surface area contributed by atoms with Crippen molar-refractivity contribution in [2.75, 3.05) is 129 Å². The number of rotatable bonds is 23. The Bertz CT molecular complexity index is 2560. The van der Waals surface area contributed by atoms with Gasteiger partial charge >= 0.3 is 17.9 Å². The van der Waals surface area contributed by atoms with Crippen molar-refractivity contribution in [3.8, 4) is 0 Å². The Balaban J connectivity index is 1.14. The number of carboxylic acids is 3. The first-order valence-electron chi connectivity index (χ1n) is 31.9. The van der Waals surface area contributed by atoms with Crippen LogP contribution in [0.15, 0.2) is 18.2 Å². The summed E-state index contributed by atoms with van der Waals surface area (Å²) in [7, 11) is 0. The van der Waals surface area contributed by atoms with Gasteiger partial charge in [0.05, 0.1) is 44.1 Å². The highest BCUT2D eigenvalue weighted by Crippen LogP contribution is 2.23. The van der Waals surface area contributed by atoms with E-state index in [2.05, 4.69) is 42.5 Å². The van der Waals surface area contributed by atoms with E-state index in [1.165, 1.54) is 11.8 Å². The van der Waals surface area contributed by atoms with E-state index in [1.54, 1.807) is 26.5 Å². The minimum absolute atomic E-state index is 0.0302. The predicted octanol–water partition coefficient (Wildman–Crippen LogP) is -1.95. The van der Waals surface area contributed by atoms with Gasteiger partial charge in [-0.05, 0) is 88.4 Å². The second kappa shape index (κ2) is 39.4. The number of unbranched alkanes of at least 4 members (excludes halogenated alkanes) is 1. The van der Waals surface area contributed by atoms with E-state index in [4.69, 9.17) is 10.7 Å². The van der Waals surface area contributed by atoms with Crippen LogP contribution >= 0.6 is 23.5 Å². The van der Waals surface area contributed by atoms with Crippen LogP contribution in [0.3, 0.4) is 0 Å². The number of likely N-dealkylation sites (tertiary alicyclic amines) is 1. The van der Waals surface area contributed by atoms with Gasteiger partial charge in [0, 0.05) is 107 Å². The maximum atomic E-state index is 14.5. The highest BCUT2D eigenvalue weighted by atomic mass is 32.2. The molecule has 29 nitrogen and oxygen atoms in total. The number of thioether (sulfide) groups is 2. The number of nitrogens with two attached hydrogens (primary N) is 1. The first-order chi connectivity index (χ1) is 43.4. The summed E-state index contributed by atoms with van der Waals surface area (Å²) < 4.78 is 0. The lowest BCUT2D eigenvalue weighted by atomic mass is 9.86. The number of carboxylic acid groups (broad SMARTS) is 3. The molecule has 8 amide bonds. The Labute approximate surface area is 542 Å². The van der Waals surface area contributed by atoms with Gasteiger partial charge in [0.15, 0.2) is 0 Å². The molecule has 510 valence electrons. The molecule has 13 N–H and O–H groups in total. The number of piperidine rings is 2. The fourth-order valence-corrected chi connectivity index (χ4v) is 13.1. The van der Waals surface area contributed by atoms with Crippen LogP contribution in [0.5, 0.6) is 0 Å². The van der Waals surface area contributed by atoms with Gasteiger partial charge < -0.3 is 63.6 Å². The third-order valence-electron chi connectivity index (χ3n) is 16.7. The van der Waals surface area contributed by atoms with Crippen molar-refractivity contribution in [3.63, 3.8) is 0 Å². The molecule has 4 aliphatic heterocycles. The molecule has 3 fully saturated rings. The minimum atomic E-state index is -1.24. The standard InChI is InChI=1S/C60H99N15O14S2/c1-5-41(4)54-58(88)67-47(39-91-38-44-10-8-9-43(64-44)37-90-30-14-48(76)70-60(15-18-62-19-16-60)59(89)68-46(31-40(2)3)56(86)69-54)57(87)65-42-12-20-71(21-13-42)33-50(78)66-45(55(61)85)11-6-7-17-63-49(77)32-72-22-24-73(34-51(79)80)26-28-75(36-53(83)84)29-27-74(25-23-72)35-52(81)82/h8-10,40-42,45-47,54,62H,5-7,11-39H2,1-4H3,(H2,61,85)(H,63,77)(H,65,87)(H,66,78)(H,67,88)(H,68,89)(H,69,86)(H,70,76)(H,79,80)(H,81,82)(H,83,84)/t41-,45-,46-,47-,54-/m0/s1. The van der Waals surface area contributed by atoms with Gasteiger partial charge in [0.2, 0.25) is 47.3 Å². The summed E-state index contributed by atoms with van der Waals surface area (Å²) in [5, 5.41) is 52.4. The van der Waals surface area contributed by atoms with Crippen LogP contribution in [0, 0.1) is 11.8 Å². The molecule has 1 aromatic rings. The number of hydrogen-bond acceptors (Lipinski definition) is 20. The summed E-state index contributed by atoms with van der Waals surface area (Å²) in [6, 6.07) is 1.29. The number of carbonyl (C=O) groups is 11. The van der Waals surface area contributed by atoms with Crippen molar-refractivity contribution in [1.82, 2.24) is 72.0 Å². The summed E-state index contributed by atoms with van der Waals surface area (Å²) in [5.41, 5.74) is 6.08. The smallest absolute Gasteiger partial charge is 0.317 e. The largest absolute Gasteiger partial charge is 0.480 e. The second-order valence-electron chi connectivity index (χ2n) is 24.6. The van der Waals surface area contributed by atoms with Crippen LogP contribution in [0.1, 0.15) is 103 Å². The molecule has 1 spiro atoms. The zero-order valence-corrected chi connectivity index (χ0v) is 54.9. The number of hydrogen-bond donors (Lipinski definition) is 12. The maximum absolute atomic E-state index is 14.5. The topological polar surface area (TPSA) is 400 Å². The molecule has 5 heterocycles. The molecule has 31 heteroatoms. The molecule has 5 rings (SSSR count). The third kappa shape index (κ3) is 27.9. The molecule has 1 aromatic heterocycles. The number of nitrogens with one attached hydrogen (secondary N) is 8. The number of primary amides is 1. The van der Waals surface area contributed by atoms with Crippen LogP contribution in [0.2, 0.25) is 0 Å². The monoisotopic (exact) mass is 1320 g/mol. The Morgan fingerprint density at radius 2 is 1.24 bits per heavy atom. The molecule has 3 saturated heterocycles. The number of aromatic nitrogens is 1. The maximum Gasteiger partial charge on any atom is 0.317 e. The number of fused-ring (bicyclic) bond motifs is 2. The van der Waals surface area contributed by atoms with Crippen molar-refractivity contribution in [2.24, 2.45) is 17.6 Å². The zero-order chi connectivity index (χ0) is 66.5. The average molecular weight is 1320 g/mol. The molecule has 0 saturated carbocycles. The van der Waals surface area contributed by atoms with Gasteiger partial charge in [-0.1, -0.05) is 40.2 Å². The normalized spacial score (nSPS) is 22.6. The first kappa shape index (κ1) is 75.5. The van der Waals surface area contributed by atoms with E-state index >= 15 is 0 Å². The first-order valence-corrected chi connectivity index (χ1v) is 34.2. The van der Waals surface area contributed by atoms with Crippen LogP contribution in [0.4, 0.5) is 0 Å². The molecule has 2 bridgehead atoms. The fourth-order valence-electron chi connectivity index (χ4n) is 11.3. The highest BCUT2D eigenvalue weighted by Gasteiger charge is 2.43. The van der Waals surface area contributed by atoms with Crippen molar-refractivity contribution in [1.29, 1.82) is 0 Å². The number of amides is 8. The molecule has 0 aromatic carbocycles. The van der Waals surface area contributed by atoms with Gasteiger partial charge in [-0.3, -0.25) is 82.2 Å². The SMILES string of the molecule is CC[C@H](C)[C@@H]1NC(=O)[C@H](CC(C)C)NC(=O)C2(CCNCC2)NC(=O)CCSCc2cccc(n2)CSC[C@@H](C(=O)NC2CCN(CC(=O)N[C@@H](CCCCNC(=O)CN3CCN(CC(=O)O)CCN(CC(=O)O)CCN(CC(=O)O)CC3)C(N)=O)CC2)NC1=O. The predicted molar refractivity (Wildman–Crippen MR) is 343 cm³/mol. The highest BCUT2D eigenvalue weighted by molar-refractivity contribution is 7.98. The Hall–Kier alpha value is -6.22. The Morgan fingerprint density at radius 1 is 0.703 bits per heavy atom. The molecular formula is C60H99N15O14S2. The van der Waals surface area contributed by atoms with Gasteiger partial charge in [0.25, 0.3) is 0 Å². The summed E-state index contributed by atoms with van der Waals surface area (Å²) in [4.78, 5) is 158. The zero-order valence-electron chi connectivity index (χ0n) is 53.3. The lowest BCUT2D eigenvalue weighted by Crippen LogP contribution is -2.66. The molecule has 91 heavy (non-hydrogen) atoms. The van der Waals surface area contributed by atoms with E-state index in [0.29, 0.717) is 88.4 Å². The number of nitrogens with zero attached hydrogens (tertiary/aromatic N) is 6. The molecule has 0 aliphatic carbocycles. The molecule has 0 unspecified atom stereocenters. The Kier molecular flexibility index (Phi) is 32.7. The van der Waals surface area contributed by atoms with E-state index in [9.17, 15) is 68.1 Å². The number of pyridine rings is 1. The van der Waals surface area contributed by atoms with Crippen molar-refractivity contribution < 1.29 is 68.1 Å². The summed E-state index contributed by atoms with van der Waals surface area (Å²) in [5.74, 6) is -5.67. The van der Waals surface area contributed by atoms with E-state index < -0.39 is 83.1 Å². The van der Waals surface area contributed by atoms with Gasteiger partial charge in [-0.2, -0.15) is 23.5 Å². The fraction of sp³-hybridized carbons (Fsp3) is 0.733. The van der Waals surface area contributed by atoms with Gasteiger partial charge in [0.1, 0.15) is 29.7 Å². The summed E-state index contributed by atoms with van der Waals surface area (Å²) >= 11 is 2.96. The molecular weight excluding hydrogens is 1220 g/mol. The minimum Gasteiger partial charge on any atom is -0.480 e. The number of aliphatic carboxylic acids is 3. The van der Waals surface area contributed by atoms with Crippen molar-refractivity contribution in [3.05, 3.63) is 29.6 Å². The molecule has 0 radical (unpaired) electrons. The molecule has 5 atom stereocenters. The quantitative estimate of drug-likeness (QED) is 0.0530. The summed E-state index contributed by atoms with van der Waals surface area (Å²) in [6.45, 7) is 10.8. The van der Waals surface area contributed by atoms with Gasteiger partial charge in [-0.15, -0.1) is 0 Å².